The first-order valence-electron chi connectivity index (χ1n) is 7.28. The molecule has 0 fully saturated rings. The van der Waals surface area contributed by atoms with Crippen molar-refractivity contribution in [3.63, 3.8) is 0 Å². The summed E-state index contributed by atoms with van der Waals surface area (Å²) in [6.07, 6.45) is 4.26. The van der Waals surface area contributed by atoms with Crippen LogP contribution in [-0.2, 0) is 16.3 Å². The molecule has 1 N–H and O–H groups in total. The van der Waals surface area contributed by atoms with Gasteiger partial charge in [-0.05, 0) is 42.3 Å². The van der Waals surface area contributed by atoms with Crippen LogP contribution in [0, 0.1) is 5.41 Å². The van der Waals surface area contributed by atoms with Crippen molar-refractivity contribution in [2.24, 2.45) is 5.41 Å². The predicted octanol–water partition coefficient (Wildman–Crippen LogP) is 2.72. The monoisotopic (exact) mass is 295 g/mol. The van der Waals surface area contributed by atoms with Gasteiger partial charge in [0.15, 0.2) is 0 Å². The zero-order valence-electron chi connectivity index (χ0n) is 12.6. The number of benzene rings is 1. The van der Waals surface area contributed by atoms with Crippen LogP contribution in [0.5, 0.6) is 0 Å². The van der Waals surface area contributed by atoms with Crippen molar-refractivity contribution in [2.75, 3.05) is 18.6 Å². The van der Waals surface area contributed by atoms with E-state index in [4.69, 9.17) is 0 Å². The first kappa shape index (κ1) is 15.5. The van der Waals surface area contributed by atoms with Gasteiger partial charge in [-0.25, -0.2) is 8.42 Å². The molecule has 1 aromatic carbocycles. The Morgan fingerprint density at radius 3 is 2.70 bits per heavy atom. The molecule has 20 heavy (non-hydrogen) atoms. The Bertz CT molecular complexity index is 564. The highest BCUT2D eigenvalue weighted by molar-refractivity contribution is 7.90. The Balaban J connectivity index is 2.05. The van der Waals surface area contributed by atoms with Gasteiger partial charge in [0.2, 0.25) is 0 Å². The van der Waals surface area contributed by atoms with Gasteiger partial charge in [0.25, 0.3) is 0 Å². The average molecular weight is 295 g/mol. The highest BCUT2D eigenvalue weighted by Crippen LogP contribution is 2.43. The molecule has 1 aliphatic carbocycles. The van der Waals surface area contributed by atoms with E-state index in [0.29, 0.717) is 12.5 Å². The minimum atomic E-state index is -2.86. The Morgan fingerprint density at radius 2 is 2.00 bits per heavy atom. The highest BCUT2D eigenvalue weighted by Gasteiger charge is 2.35. The van der Waals surface area contributed by atoms with Crippen LogP contribution >= 0.6 is 0 Å². The first-order chi connectivity index (χ1) is 9.30. The molecule has 1 atom stereocenters. The van der Waals surface area contributed by atoms with Gasteiger partial charge in [0, 0.05) is 12.3 Å². The quantitative estimate of drug-likeness (QED) is 0.850. The van der Waals surface area contributed by atoms with Crippen LogP contribution in [0.15, 0.2) is 24.3 Å². The fourth-order valence-corrected chi connectivity index (χ4v) is 3.70. The zero-order chi connectivity index (χ0) is 14.8. The third kappa shape index (κ3) is 3.83. The molecule has 1 unspecified atom stereocenters. The lowest BCUT2D eigenvalue weighted by Crippen LogP contribution is -2.38. The molecule has 0 aromatic heterocycles. The maximum atomic E-state index is 11.2. The van der Waals surface area contributed by atoms with Crippen molar-refractivity contribution in [1.82, 2.24) is 5.32 Å². The SMILES string of the molecule is CC1(C)CCc2ccccc2C1NCCCS(C)(=O)=O. The number of aryl methyl sites for hydroxylation is 1. The standard InChI is InChI=1S/C16H25NO2S/c1-16(2)10-9-13-7-4-5-8-14(13)15(16)17-11-6-12-20(3,18)19/h4-5,7-8,15,17H,6,9-12H2,1-3H3. The molecule has 112 valence electrons. The smallest absolute Gasteiger partial charge is 0.147 e. The van der Waals surface area contributed by atoms with Crippen LogP contribution in [0.1, 0.15) is 43.9 Å². The van der Waals surface area contributed by atoms with Crippen LogP contribution in [0.2, 0.25) is 0 Å². The van der Waals surface area contributed by atoms with E-state index in [2.05, 4.69) is 43.4 Å². The second kappa shape index (κ2) is 5.86. The van der Waals surface area contributed by atoms with Gasteiger partial charge < -0.3 is 5.32 Å². The van der Waals surface area contributed by atoms with Gasteiger partial charge in [-0.15, -0.1) is 0 Å². The number of fused-ring (bicyclic) bond motifs is 1. The highest BCUT2D eigenvalue weighted by atomic mass is 32.2. The molecular formula is C16H25NO2S. The molecule has 0 heterocycles. The molecule has 1 aliphatic rings. The summed E-state index contributed by atoms with van der Waals surface area (Å²) < 4.78 is 22.4. The molecule has 4 heteroatoms. The van der Waals surface area contributed by atoms with Crippen LogP contribution in [-0.4, -0.2) is 27.0 Å². The molecule has 0 bridgehead atoms. The van der Waals surface area contributed by atoms with Crippen LogP contribution in [0.25, 0.3) is 0 Å². The summed E-state index contributed by atoms with van der Waals surface area (Å²) >= 11 is 0. The van der Waals surface area contributed by atoms with Crippen molar-refractivity contribution in [1.29, 1.82) is 0 Å². The largest absolute Gasteiger partial charge is 0.309 e. The molecule has 3 nitrogen and oxygen atoms in total. The Hall–Kier alpha value is -0.870. The molecule has 0 spiro atoms. The summed E-state index contributed by atoms with van der Waals surface area (Å²) in [6, 6.07) is 8.90. The lowest BCUT2D eigenvalue weighted by molar-refractivity contribution is 0.210. The minimum Gasteiger partial charge on any atom is -0.309 e. The van der Waals surface area contributed by atoms with Gasteiger partial charge in [-0.1, -0.05) is 38.1 Å². The molecule has 1 aromatic rings. The number of rotatable bonds is 5. The minimum absolute atomic E-state index is 0.208. The Labute approximate surface area is 122 Å². The molecule has 2 rings (SSSR count). The maximum absolute atomic E-state index is 11.2. The summed E-state index contributed by atoms with van der Waals surface area (Å²) in [7, 11) is -2.86. The van der Waals surface area contributed by atoms with Crippen molar-refractivity contribution in [2.45, 2.75) is 39.2 Å². The van der Waals surface area contributed by atoms with Gasteiger partial charge in [-0.2, -0.15) is 0 Å². The summed E-state index contributed by atoms with van der Waals surface area (Å²) in [4.78, 5) is 0. The van der Waals surface area contributed by atoms with Crippen molar-refractivity contribution in [3.05, 3.63) is 35.4 Å². The van der Waals surface area contributed by atoms with E-state index >= 15 is 0 Å². The van der Waals surface area contributed by atoms with Crippen LogP contribution in [0.3, 0.4) is 0 Å². The number of sulfone groups is 1. The van der Waals surface area contributed by atoms with E-state index in [1.54, 1.807) is 0 Å². The Kier molecular flexibility index (Phi) is 4.55. The Morgan fingerprint density at radius 1 is 1.30 bits per heavy atom. The first-order valence-corrected chi connectivity index (χ1v) is 9.34. The van der Waals surface area contributed by atoms with Gasteiger partial charge in [0.05, 0.1) is 5.75 Å². The van der Waals surface area contributed by atoms with Gasteiger partial charge in [-0.3, -0.25) is 0 Å². The van der Waals surface area contributed by atoms with Crippen molar-refractivity contribution >= 4 is 9.84 Å². The van der Waals surface area contributed by atoms with E-state index < -0.39 is 9.84 Å². The van der Waals surface area contributed by atoms with E-state index in [-0.39, 0.29) is 11.2 Å². The predicted molar refractivity (Wildman–Crippen MR) is 83.6 cm³/mol. The second-order valence-electron chi connectivity index (χ2n) is 6.56. The summed E-state index contributed by atoms with van der Waals surface area (Å²) in [5.41, 5.74) is 3.01. The maximum Gasteiger partial charge on any atom is 0.147 e. The fraction of sp³-hybridized carbons (Fsp3) is 0.625. The lowest BCUT2D eigenvalue weighted by Gasteiger charge is -2.40. The fourth-order valence-electron chi connectivity index (χ4n) is 3.03. The lowest BCUT2D eigenvalue weighted by atomic mass is 9.70. The molecule has 0 saturated heterocycles. The van der Waals surface area contributed by atoms with Crippen molar-refractivity contribution < 1.29 is 8.42 Å². The number of hydrogen-bond acceptors (Lipinski definition) is 3. The molecule has 0 radical (unpaired) electrons. The van der Waals surface area contributed by atoms with E-state index in [1.165, 1.54) is 17.4 Å². The summed E-state index contributed by atoms with van der Waals surface area (Å²) in [5, 5.41) is 3.58. The van der Waals surface area contributed by atoms with E-state index in [9.17, 15) is 8.42 Å². The number of hydrogen-bond donors (Lipinski definition) is 1. The topological polar surface area (TPSA) is 46.2 Å². The van der Waals surface area contributed by atoms with Gasteiger partial charge >= 0.3 is 0 Å². The molecule has 0 aliphatic heterocycles. The van der Waals surface area contributed by atoms with Crippen molar-refractivity contribution in [3.8, 4) is 0 Å². The van der Waals surface area contributed by atoms with Gasteiger partial charge in [0.1, 0.15) is 9.84 Å². The van der Waals surface area contributed by atoms with Crippen LogP contribution < -0.4 is 5.32 Å². The molecular weight excluding hydrogens is 270 g/mol. The third-order valence-corrected chi connectivity index (χ3v) is 5.26. The average Bonchev–Trinajstić information content (AvgIpc) is 2.35. The van der Waals surface area contributed by atoms with E-state index in [0.717, 1.165) is 19.4 Å². The van der Waals surface area contributed by atoms with E-state index in [1.807, 2.05) is 0 Å². The van der Waals surface area contributed by atoms with Crippen LogP contribution in [0.4, 0.5) is 0 Å². The molecule has 0 saturated carbocycles. The zero-order valence-corrected chi connectivity index (χ0v) is 13.5. The normalized spacial score (nSPS) is 21.4. The summed E-state index contributed by atoms with van der Waals surface area (Å²) in [5.74, 6) is 0.259. The third-order valence-electron chi connectivity index (χ3n) is 4.23. The number of nitrogens with one attached hydrogen (secondary N) is 1. The second-order valence-corrected chi connectivity index (χ2v) is 8.82. The molecule has 0 amide bonds. The summed E-state index contributed by atoms with van der Waals surface area (Å²) in [6.45, 7) is 5.32.